The van der Waals surface area contributed by atoms with Crippen LogP contribution in [0.3, 0.4) is 0 Å². The molecule has 0 N–H and O–H groups in total. The van der Waals surface area contributed by atoms with Gasteiger partial charge in [0.1, 0.15) is 6.29 Å². The van der Waals surface area contributed by atoms with Gasteiger partial charge < -0.3 is 0 Å². The van der Waals surface area contributed by atoms with Crippen LogP contribution in [0.15, 0.2) is 36.4 Å². The zero-order valence-corrected chi connectivity index (χ0v) is 8.60. The average Bonchev–Trinajstić information content (AvgIpc) is 2.91. The Hall–Kier alpha value is -1.37. The number of aldehydes is 1. The van der Waals surface area contributed by atoms with Crippen LogP contribution in [-0.4, -0.2) is 6.29 Å². The Morgan fingerprint density at radius 2 is 1.87 bits per heavy atom. The summed E-state index contributed by atoms with van der Waals surface area (Å²) in [7, 11) is 0. The van der Waals surface area contributed by atoms with Crippen molar-refractivity contribution in [2.45, 2.75) is 18.8 Å². The van der Waals surface area contributed by atoms with E-state index < -0.39 is 0 Å². The molecule has 2 aliphatic carbocycles. The lowest BCUT2D eigenvalue weighted by atomic mass is 9.86. The first kappa shape index (κ1) is 8.90. The molecule has 0 heterocycles. The standard InChI is InChI=1S/C14H14O/c15-9-10-1-4-12(5-2-10)14-8-11-3-6-13(14)7-11/h1-6,9,11,13-14H,7-8H2. The minimum atomic E-state index is 0.695. The molecule has 76 valence electrons. The molecular weight excluding hydrogens is 184 g/mol. The van der Waals surface area contributed by atoms with Crippen molar-refractivity contribution in [1.82, 2.24) is 0 Å². The van der Waals surface area contributed by atoms with Crippen molar-refractivity contribution in [2.75, 3.05) is 0 Å². The summed E-state index contributed by atoms with van der Waals surface area (Å²) in [5.74, 6) is 2.25. The van der Waals surface area contributed by atoms with Crippen molar-refractivity contribution in [3.63, 3.8) is 0 Å². The highest BCUT2D eigenvalue weighted by Crippen LogP contribution is 2.48. The lowest BCUT2D eigenvalue weighted by Crippen LogP contribution is -2.04. The highest BCUT2D eigenvalue weighted by atomic mass is 16.1. The van der Waals surface area contributed by atoms with Crippen molar-refractivity contribution in [1.29, 1.82) is 0 Å². The molecule has 0 radical (unpaired) electrons. The molecule has 1 aromatic carbocycles. The van der Waals surface area contributed by atoms with Gasteiger partial charge in [0.05, 0.1) is 0 Å². The summed E-state index contributed by atoms with van der Waals surface area (Å²) in [4.78, 5) is 10.6. The molecule has 2 aliphatic rings. The quantitative estimate of drug-likeness (QED) is 0.527. The van der Waals surface area contributed by atoms with E-state index in [0.29, 0.717) is 5.92 Å². The van der Waals surface area contributed by atoms with E-state index in [2.05, 4.69) is 24.3 Å². The zero-order valence-electron chi connectivity index (χ0n) is 8.60. The van der Waals surface area contributed by atoms with E-state index in [1.165, 1.54) is 18.4 Å². The smallest absolute Gasteiger partial charge is 0.150 e. The van der Waals surface area contributed by atoms with Crippen LogP contribution in [0.25, 0.3) is 0 Å². The van der Waals surface area contributed by atoms with Crippen LogP contribution in [0.4, 0.5) is 0 Å². The number of allylic oxidation sites excluding steroid dienone is 2. The molecule has 1 fully saturated rings. The molecular formula is C14H14O. The van der Waals surface area contributed by atoms with Crippen LogP contribution < -0.4 is 0 Å². The largest absolute Gasteiger partial charge is 0.298 e. The first-order valence-corrected chi connectivity index (χ1v) is 5.60. The van der Waals surface area contributed by atoms with Crippen molar-refractivity contribution in [3.05, 3.63) is 47.5 Å². The Balaban J connectivity index is 1.87. The Morgan fingerprint density at radius 1 is 1.07 bits per heavy atom. The van der Waals surface area contributed by atoms with Crippen LogP contribution in [0.2, 0.25) is 0 Å². The number of hydrogen-bond donors (Lipinski definition) is 0. The first-order chi connectivity index (χ1) is 7.36. The number of rotatable bonds is 2. The Morgan fingerprint density at radius 3 is 2.40 bits per heavy atom. The zero-order chi connectivity index (χ0) is 10.3. The Kier molecular flexibility index (Phi) is 1.98. The second kappa shape index (κ2) is 3.34. The summed E-state index contributed by atoms with van der Waals surface area (Å²) in [6.45, 7) is 0. The van der Waals surface area contributed by atoms with Gasteiger partial charge in [0.2, 0.25) is 0 Å². The number of carbonyl (C=O) groups excluding carboxylic acids is 1. The summed E-state index contributed by atoms with van der Waals surface area (Å²) < 4.78 is 0. The molecule has 3 unspecified atom stereocenters. The van der Waals surface area contributed by atoms with E-state index in [1.54, 1.807) is 0 Å². The highest BCUT2D eigenvalue weighted by molar-refractivity contribution is 5.74. The van der Waals surface area contributed by atoms with Crippen LogP contribution in [0.5, 0.6) is 0 Å². The maximum absolute atomic E-state index is 10.6. The van der Waals surface area contributed by atoms with E-state index in [0.717, 1.165) is 23.7 Å². The third-order valence-corrected chi connectivity index (χ3v) is 3.78. The van der Waals surface area contributed by atoms with Crippen molar-refractivity contribution in [2.24, 2.45) is 11.8 Å². The molecule has 1 saturated carbocycles. The van der Waals surface area contributed by atoms with Crippen molar-refractivity contribution in [3.8, 4) is 0 Å². The molecule has 0 spiro atoms. The lowest BCUT2D eigenvalue weighted by molar-refractivity contribution is 0.112. The SMILES string of the molecule is O=Cc1ccc(C2CC3C=CC2C3)cc1. The maximum Gasteiger partial charge on any atom is 0.150 e. The van der Waals surface area contributed by atoms with Gasteiger partial charge in [-0.2, -0.15) is 0 Å². The van der Waals surface area contributed by atoms with Crippen LogP contribution >= 0.6 is 0 Å². The van der Waals surface area contributed by atoms with Gasteiger partial charge in [0, 0.05) is 5.56 Å². The monoisotopic (exact) mass is 198 g/mol. The molecule has 1 nitrogen and oxygen atoms in total. The number of benzene rings is 1. The molecule has 0 aromatic heterocycles. The van der Waals surface area contributed by atoms with Gasteiger partial charge >= 0.3 is 0 Å². The normalized spacial score (nSPS) is 32.1. The molecule has 0 amide bonds. The average molecular weight is 198 g/mol. The lowest BCUT2D eigenvalue weighted by Gasteiger charge is -2.18. The van der Waals surface area contributed by atoms with E-state index in [9.17, 15) is 4.79 Å². The number of hydrogen-bond acceptors (Lipinski definition) is 1. The third-order valence-electron chi connectivity index (χ3n) is 3.78. The predicted molar refractivity (Wildman–Crippen MR) is 59.9 cm³/mol. The van der Waals surface area contributed by atoms with Gasteiger partial charge in [-0.25, -0.2) is 0 Å². The van der Waals surface area contributed by atoms with Crippen LogP contribution in [0.1, 0.15) is 34.7 Å². The Bertz CT molecular complexity index is 402. The summed E-state index contributed by atoms with van der Waals surface area (Å²) >= 11 is 0. The summed E-state index contributed by atoms with van der Waals surface area (Å²) in [5.41, 5.74) is 2.18. The van der Waals surface area contributed by atoms with Crippen molar-refractivity contribution < 1.29 is 4.79 Å². The fourth-order valence-electron chi connectivity index (χ4n) is 2.99. The fraction of sp³-hybridized carbons (Fsp3) is 0.357. The molecule has 0 aliphatic heterocycles. The minimum absolute atomic E-state index is 0.695. The van der Waals surface area contributed by atoms with Gasteiger partial charge in [0.25, 0.3) is 0 Å². The molecule has 1 heteroatoms. The molecule has 3 rings (SSSR count). The van der Waals surface area contributed by atoms with Crippen LogP contribution in [-0.2, 0) is 0 Å². The van der Waals surface area contributed by atoms with Crippen molar-refractivity contribution >= 4 is 6.29 Å². The number of carbonyl (C=O) groups is 1. The predicted octanol–water partition coefficient (Wildman–Crippen LogP) is 3.18. The topological polar surface area (TPSA) is 17.1 Å². The molecule has 0 saturated heterocycles. The van der Waals surface area contributed by atoms with Gasteiger partial charge in [-0.3, -0.25) is 4.79 Å². The first-order valence-electron chi connectivity index (χ1n) is 5.60. The molecule has 1 aromatic rings. The summed E-state index contributed by atoms with van der Waals surface area (Å²) in [6, 6.07) is 8.09. The maximum atomic E-state index is 10.6. The van der Waals surface area contributed by atoms with Gasteiger partial charge in [-0.1, -0.05) is 36.4 Å². The third kappa shape index (κ3) is 1.43. The van der Waals surface area contributed by atoms with E-state index >= 15 is 0 Å². The van der Waals surface area contributed by atoms with Gasteiger partial charge in [-0.05, 0) is 36.2 Å². The van der Waals surface area contributed by atoms with E-state index in [4.69, 9.17) is 0 Å². The van der Waals surface area contributed by atoms with E-state index in [1.807, 2.05) is 12.1 Å². The van der Waals surface area contributed by atoms with E-state index in [-0.39, 0.29) is 0 Å². The molecule has 3 atom stereocenters. The molecule has 2 bridgehead atoms. The number of fused-ring (bicyclic) bond motifs is 2. The van der Waals surface area contributed by atoms with Crippen LogP contribution in [0, 0.1) is 11.8 Å². The summed E-state index contributed by atoms with van der Waals surface area (Å²) in [6.07, 6.45) is 8.26. The minimum Gasteiger partial charge on any atom is -0.298 e. The van der Waals surface area contributed by atoms with Gasteiger partial charge in [0.15, 0.2) is 0 Å². The Labute approximate surface area is 89.8 Å². The second-order valence-corrected chi connectivity index (χ2v) is 4.67. The highest BCUT2D eigenvalue weighted by Gasteiger charge is 2.36. The summed E-state index contributed by atoms with van der Waals surface area (Å²) in [5, 5.41) is 0. The fourth-order valence-corrected chi connectivity index (χ4v) is 2.99. The molecule has 15 heavy (non-hydrogen) atoms. The van der Waals surface area contributed by atoms with Gasteiger partial charge in [-0.15, -0.1) is 0 Å². The second-order valence-electron chi connectivity index (χ2n) is 4.67.